The average Bonchev–Trinajstić information content (AvgIpc) is 3.90. The minimum absolute atomic E-state index is 0.0856. The van der Waals surface area contributed by atoms with Gasteiger partial charge in [-0.2, -0.15) is 5.26 Å². The minimum Gasteiger partial charge on any atom is -0.468 e. The topological polar surface area (TPSA) is 61.5 Å². The zero-order valence-corrected chi connectivity index (χ0v) is 30.9. The third kappa shape index (κ3) is 3.58. The quantitative estimate of drug-likeness (QED) is 0.158. The van der Waals surface area contributed by atoms with Gasteiger partial charge in [0.2, 0.25) is 0 Å². The first kappa shape index (κ1) is 30.2. The van der Waals surface area contributed by atoms with Crippen LogP contribution in [0.4, 0.5) is 34.1 Å². The Kier molecular flexibility index (Phi) is 5.46. The summed E-state index contributed by atoms with van der Waals surface area (Å²) in [7, 11) is 0. The molecule has 0 aliphatic carbocycles. The Labute approximate surface area is 322 Å². The summed E-state index contributed by atoms with van der Waals surface area (Å²) < 4.78 is 16.4. The normalized spacial score (nSPS) is 13.9. The van der Waals surface area contributed by atoms with Gasteiger partial charge >= 0.3 is 0 Å². The second kappa shape index (κ2) is 10.1. The molecule has 0 amide bonds. The number of rotatable bonds is 1. The standard InChI is InChI=1S/C49H31BN4O2/c1-49(2,3)28-21-22-42-33(25-28)45-48(56-42)50-34-15-10-18-37-46(34)53(36-17-8-13-31-29-11-4-6-16-35(29)52(37)44(31)36)39-23-27(26-51)24-40(43(39)50)54(45)38-19-9-14-32-30-12-5-7-20-41(30)55-47(32)38/h4-25H,1-3H3. The molecule has 0 bridgehead atoms. The van der Waals surface area contributed by atoms with Gasteiger partial charge in [0.25, 0.3) is 6.71 Å². The van der Waals surface area contributed by atoms with Crippen molar-refractivity contribution in [1.82, 2.24) is 4.57 Å². The zero-order valence-electron chi connectivity index (χ0n) is 30.9. The fourth-order valence-corrected chi connectivity index (χ4v) is 10.1. The first-order valence-corrected chi connectivity index (χ1v) is 19.2. The molecule has 3 aliphatic heterocycles. The van der Waals surface area contributed by atoms with Crippen LogP contribution in [0.2, 0.25) is 0 Å². The van der Waals surface area contributed by atoms with Gasteiger partial charge in [0.15, 0.2) is 5.58 Å². The van der Waals surface area contributed by atoms with Crippen LogP contribution in [-0.2, 0) is 5.41 Å². The van der Waals surface area contributed by atoms with E-state index in [-0.39, 0.29) is 12.1 Å². The molecule has 262 valence electrons. The van der Waals surface area contributed by atoms with Crippen LogP contribution in [-0.4, -0.2) is 11.3 Å². The van der Waals surface area contributed by atoms with E-state index in [0.29, 0.717) is 5.56 Å². The average molecular weight is 719 g/mol. The molecule has 0 spiro atoms. The van der Waals surface area contributed by atoms with Crippen LogP contribution in [0.15, 0.2) is 142 Å². The third-order valence-corrected chi connectivity index (χ3v) is 12.4. The fraction of sp³-hybridized carbons (Fsp3) is 0.0816. The number of benzene rings is 7. The summed E-state index contributed by atoms with van der Waals surface area (Å²) in [4.78, 5) is 4.73. The SMILES string of the molecule is CC(C)(C)c1ccc2oc3c(c2c1)N(c1cccc2c1oc1ccccc12)c1cc(C#N)cc2c1B3c1cccc3c1N2c1cccc2c4ccccc4n-3c12. The van der Waals surface area contributed by atoms with Crippen LogP contribution in [0, 0.1) is 11.3 Å². The number of fused-ring (bicyclic) bond motifs is 14. The monoisotopic (exact) mass is 718 g/mol. The van der Waals surface area contributed by atoms with Gasteiger partial charge in [-0.3, -0.25) is 0 Å². The molecule has 0 saturated heterocycles. The molecule has 0 N–H and O–H groups in total. The van der Waals surface area contributed by atoms with E-state index in [0.717, 1.165) is 89.4 Å². The van der Waals surface area contributed by atoms with E-state index in [1.54, 1.807) is 0 Å². The van der Waals surface area contributed by atoms with E-state index >= 15 is 0 Å². The van der Waals surface area contributed by atoms with E-state index in [1.807, 2.05) is 12.1 Å². The molecule has 3 aliphatic rings. The minimum atomic E-state index is -0.242. The Hall–Kier alpha value is -7.17. The Morgan fingerprint density at radius 2 is 1.25 bits per heavy atom. The first-order valence-electron chi connectivity index (χ1n) is 19.2. The molecular formula is C49H31BN4O2. The highest BCUT2D eigenvalue weighted by Crippen LogP contribution is 2.54. The van der Waals surface area contributed by atoms with Crippen molar-refractivity contribution >= 4 is 112 Å². The summed E-state index contributed by atoms with van der Waals surface area (Å²) in [5, 5.41) is 16.4. The summed E-state index contributed by atoms with van der Waals surface area (Å²) in [6.07, 6.45) is 0. The Bertz CT molecular complexity index is 3460. The van der Waals surface area contributed by atoms with Crippen LogP contribution in [0.25, 0.3) is 60.4 Å². The number of furan rings is 2. The van der Waals surface area contributed by atoms with Crippen molar-refractivity contribution in [3.8, 4) is 11.8 Å². The molecule has 0 fully saturated rings. The molecule has 10 aromatic rings. The number of para-hydroxylation sites is 5. The smallest absolute Gasteiger partial charge is 0.297 e. The Morgan fingerprint density at radius 3 is 2.07 bits per heavy atom. The largest absolute Gasteiger partial charge is 0.468 e. The van der Waals surface area contributed by atoms with Crippen molar-refractivity contribution in [3.63, 3.8) is 0 Å². The van der Waals surface area contributed by atoms with Crippen molar-refractivity contribution in [3.05, 3.63) is 145 Å². The number of aromatic nitrogens is 1. The van der Waals surface area contributed by atoms with Gasteiger partial charge in [0, 0.05) is 38.3 Å². The number of hydrogen-bond acceptors (Lipinski definition) is 5. The Morgan fingerprint density at radius 1 is 0.571 bits per heavy atom. The van der Waals surface area contributed by atoms with E-state index in [9.17, 15) is 5.26 Å². The molecule has 0 unspecified atom stereocenters. The Balaban J connectivity index is 1.21. The van der Waals surface area contributed by atoms with Gasteiger partial charge in [-0.25, -0.2) is 0 Å². The lowest BCUT2D eigenvalue weighted by Crippen LogP contribution is -2.61. The zero-order chi connectivity index (χ0) is 37.2. The van der Waals surface area contributed by atoms with Gasteiger partial charge in [-0.15, -0.1) is 0 Å². The molecule has 3 aromatic heterocycles. The highest BCUT2D eigenvalue weighted by molar-refractivity contribution is 7.00. The van der Waals surface area contributed by atoms with Gasteiger partial charge < -0.3 is 23.2 Å². The van der Waals surface area contributed by atoms with Crippen molar-refractivity contribution in [2.45, 2.75) is 26.2 Å². The maximum absolute atomic E-state index is 10.8. The van der Waals surface area contributed by atoms with E-state index in [1.165, 1.54) is 27.3 Å². The molecule has 7 heteroatoms. The molecule has 13 rings (SSSR count). The van der Waals surface area contributed by atoms with Gasteiger partial charge in [0.1, 0.15) is 11.2 Å². The highest BCUT2D eigenvalue weighted by Gasteiger charge is 2.49. The van der Waals surface area contributed by atoms with Crippen molar-refractivity contribution in [2.24, 2.45) is 0 Å². The van der Waals surface area contributed by atoms with Gasteiger partial charge in [0.05, 0.1) is 56.8 Å². The summed E-state index contributed by atoms with van der Waals surface area (Å²) in [5.41, 5.74) is 16.8. The van der Waals surface area contributed by atoms with Crippen LogP contribution in [0.5, 0.6) is 0 Å². The number of anilines is 6. The molecule has 7 aromatic carbocycles. The summed E-state index contributed by atoms with van der Waals surface area (Å²) in [5.74, 6) is 0. The van der Waals surface area contributed by atoms with Crippen LogP contribution >= 0.6 is 0 Å². The van der Waals surface area contributed by atoms with E-state index in [4.69, 9.17) is 8.83 Å². The van der Waals surface area contributed by atoms with Crippen molar-refractivity contribution in [1.29, 1.82) is 5.26 Å². The van der Waals surface area contributed by atoms with Gasteiger partial charge in [-0.1, -0.05) is 99.6 Å². The van der Waals surface area contributed by atoms with E-state index < -0.39 is 0 Å². The van der Waals surface area contributed by atoms with Crippen LogP contribution in [0.3, 0.4) is 0 Å². The lowest BCUT2D eigenvalue weighted by molar-refractivity contribution is 0.590. The van der Waals surface area contributed by atoms with E-state index in [2.05, 4.69) is 163 Å². The molecule has 0 radical (unpaired) electrons. The first-order chi connectivity index (χ1) is 27.4. The van der Waals surface area contributed by atoms with Crippen molar-refractivity contribution < 1.29 is 8.83 Å². The fourth-order valence-electron chi connectivity index (χ4n) is 10.1. The molecule has 56 heavy (non-hydrogen) atoms. The third-order valence-electron chi connectivity index (χ3n) is 12.4. The summed E-state index contributed by atoms with van der Waals surface area (Å²) in [6, 6.07) is 49.9. The molecule has 6 nitrogen and oxygen atoms in total. The summed E-state index contributed by atoms with van der Waals surface area (Å²) in [6.45, 7) is 6.51. The van der Waals surface area contributed by atoms with Gasteiger partial charge in [-0.05, 0) is 76.5 Å². The highest BCUT2D eigenvalue weighted by atomic mass is 16.3. The number of nitrogens with zero attached hydrogens (tertiary/aromatic N) is 4. The predicted molar refractivity (Wildman–Crippen MR) is 229 cm³/mol. The molecule has 0 saturated carbocycles. The molecule has 0 atom stereocenters. The lowest BCUT2D eigenvalue weighted by Gasteiger charge is -2.44. The molecular weight excluding hydrogens is 687 g/mol. The number of hydrogen-bond donors (Lipinski definition) is 0. The summed E-state index contributed by atoms with van der Waals surface area (Å²) >= 11 is 0. The van der Waals surface area contributed by atoms with Crippen LogP contribution in [0.1, 0.15) is 31.9 Å². The number of nitriles is 1. The van der Waals surface area contributed by atoms with Crippen molar-refractivity contribution in [2.75, 3.05) is 9.80 Å². The van der Waals surface area contributed by atoms with Crippen LogP contribution < -0.4 is 26.4 Å². The second-order valence-electron chi connectivity index (χ2n) is 16.4. The second-order valence-corrected chi connectivity index (χ2v) is 16.4. The maximum atomic E-state index is 10.8. The molecule has 6 heterocycles. The maximum Gasteiger partial charge on any atom is 0.297 e. The lowest BCUT2D eigenvalue weighted by atomic mass is 9.35. The predicted octanol–water partition coefficient (Wildman–Crippen LogP) is 11.0.